The van der Waals surface area contributed by atoms with Gasteiger partial charge in [0, 0.05) is 18.7 Å². The fraction of sp³-hybridized carbons (Fsp3) is 0.375. The minimum Gasteiger partial charge on any atom is -0.476 e. The van der Waals surface area contributed by atoms with Crippen LogP contribution < -0.4 is 0 Å². The number of carboxylic acid groups (broad SMARTS) is 1. The summed E-state index contributed by atoms with van der Waals surface area (Å²) in [6, 6.07) is 3.50. The van der Waals surface area contributed by atoms with Gasteiger partial charge >= 0.3 is 5.97 Å². The van der Waals surface area contributed by atoms with Gasteiger partial charge in [0.25, 0.3) is 5.91 Å². The van der Waals surface area contributed by atoms with Crippen LogP contribution in [0.15, 0.2) is 18.3 Å². The number of imidazole rings is 1. The molecule has 0 bridgehead atoms. The molecular formula is C16H18N4O3. The van der Waals surface area contributed by atoms with Crippen LogP contribution >= 0.6 is 0 Å². The fourth-order valence-electron chi connectivity index (χ4n) is 2.75. The zero-order valence-corrected chi connectivity index (χ0v) is 13.5. The Morgan fingerprint density at radius 2 is 2.04 bits per heavy atom. The molecule has 0 spiro atoms. The molecule has 0 atom stereocenters. The molecule has 0 unspecified atom stereocenters. The van der Waals surface area contributed by atoms with Gasteiger partial charge in [0.2, 0.25) is 0 Å². The zero-order valence-electron chi connectivity index (χ0n) is 13.5. The molecular weight excluding hydrogens is 296 g/mol. The molecule has 2 aromatic rings. The first-order valence-electron chi connectivity index (χ1n) is 7.28. The van der Waals surface area contributed by atoms with Crippen LogP contribution in [0.3, 0.4) is 0 Å². The number of carbonyl (C=O) groups is 2. The topological polar surface area (TPSA) is 88.3 Å². The van der Waals surface area contributed by atoms with Gasteiger partial charge in [-0.05, 0) is 12.1 Å². The van der Waals surface area contributed by atoms with E-state index in [1.165, 1.54) is 4.90 Å². The van der Waals surface area contributed by atoms with E-state index >= 15 is 0 Å². The number of pyridine rings is 1. The van der Waals surface area contributed by atoms with E-state index in [1.807, 2.05) is 20.8 Å². The number of amides is 1. The Morgan fingerprint density at radius 1 is 1.35 bits per heavy atom. The van der Waals surface area contributed by atoms with E-state index in [0.29, 0.717) is 22.9 Å². The molecule has 0 saturated carbocycles. The van der Waals surface area contributed by atoms with Gasteiger partial charge < -0.3 is 10.0 Å². The lowest BCUT2D eigenvalue weighted by atomic mass is 9.95. The van der Waals surface area contributed by atoms with Crippen LogP contribution in [-0.4, -0.2) is 43.5 Å². The first-order valence-corrected chi connectivity index (χ1v) is 7.28. The predicted octanol–water partition coefficient (Wildman–Crippen LogP) is 1.85. The summed E-state index contributed by atoms with van der Waals surface area (Å²) in [5, 5.41) is 9.52. The van der Waals surface area contributed by atoms with E-state index in [1.54, 1.807) is 29.9 Å². The average Bonchev–Trinajstić information content (AvgIpc) is 2.81. The normalized spacial score (nSPS) is 14.3. The first-order chi connectivity index (χ1) is 10.7. The molecule has 23 heavy (non-hydrogen) atoms. The summed E-state index contributed by atoms with van der Waals surface area (Å²) in [6.45, 7) is 6.04. The molecule has 1 aliphatic heterocycles. The van der Waals surface area contributed by atoms with Gasteiger partial charge in [-0.15, -0.1) is 0 Å². The second kappa shape index (κ2) is 4.91. The molecule has 0 saturated heterocycles. The molecule has 0 aliphatic carbocycles. The third kappa shape index (κ3) is 2.28. The molecule has 3 rings (SSSR count). The number of nitrogens with zero attached hydrogens (tertiary/aromatic N) is 4. The van der Waals surface area contributed by atoms with Crippen molar-refractivity contribution in [2.75, 3.05) is 7.05 Å². The summed E-state index contributed by atoms with van der Waals surface area (Å²) >= 11 is 0. The van der Waals surface area contributed by atoms with Crippen LogP contribution in [0.1, 0.15) is 53.3 Å². The summed E-state index contributed by atoms with van der Waals surface area (Å²) in [7, 11) is 1.63. The maximum atomic E-state index is 12.5. The van der Waals surface area contributed by atoms with Gasteiger partial charge in [0.15, 0.2) is 11.4 Å². The lowest BCUT2D eigenvalue weighted by molar-refractivity contribution is 0.0682. The lowest BCUT2D eigenvalue weighted by Gasteiger charge is -2.20. The van der Waals surface area contributed by atoms with Crippen molar-refractivity contribution in [3.05, 3.63) is 41.2 Å². The summed E-state index contributed by atoms with van der Waals surface area (Å²) in [5.41, 5.74) is 0.952. The number of fused-ring (bicyclic) bond motifs is 3. The van der Waals surface area contributed by atoms with Gasteiger partial charge in [0.1, 0.15) is 5.82 Å². The Morgan fingerprint density at radius 3 is 2.65 bits per heavy atom. The molecule has 1 N–H and O–H groups in total. The van der Waals surface area contributed by atoms with E-state index in [2.05, 4.69) is 9.97 Å². The minimum atomic E-state index is -1.10. The Labute approximate surface area is 133 Å². The minimum absolute atomic E-state index is 0.0220. The van der Waals surface area contributed by atoms with Gasteiger partial charge in [0.05, 0.1) is 17.9 Å². The van der Waals surface area contributed by atoms with E-state index in [0.717, 1.165) is 0 Å². The number of carboxylic acids is 1. The highest BCUT2D eigenvalue weighted by atomic mass is 16.4. The molecule has 0 radical (unpaired) electrons. The van der Waals surface area contributed by atoms with Crippen molar-refractivity contribution in [3.63, 3.8) is 0 Å². The summed E-state index contributed by atoms with van der Waals surface area (Å²) in [4.78, 5) is 34.2. The molecule has 0 aromatic carbocycles. The quantitative estimate of drug-likeness (QED) is 0.868. The van der Waals surface area contributed by atoms with Crippen LogP contribution in [0.25, 0.3) is 5.69 Å². The van der Waals surface area contributed by atoms with Crippen LogP contribution in [-0.2, 0) is 12.0 Å². The van der Waals surface area contributed by atoms with Gasteiger partial charge in [-0.1, -0.05) is 20.8 Å². The molecule has 2 aromatic heterocycles. The zero-order chi connectivity index (χ0) is 16.9. The highest BCUT2D eigenvalue weighted by Crippen LogP contribution is 2.32. The van der Waals surface area contributed by atoms with Crippen molar-refractivity contribution >= 4 is 11.9 Å². The number of carbonyl (C=O) groups excluding carboxylic acids is 1. The fourth-order valence-corrected chi connectivity index (χ4v) is 2.75. The number of hydrogen-bond acceptors (Lipinski definition) is 4. The second-order valence-electron chi connectivity index (χ2n) is 6.65. The highest BCUT2D eigenvalue weighted by molar-refractivity contribution is 5.97. The van der Waals surface area contributed by atoms with E-state index < -0.39 is 5.97 Å². The van der Waals surface area contributed by atoms with Crippen molar-refractivity contribution < 1.29 is 14.7 Å². The van der Waals surface area contributed by atoms with Gasteiger partial charge in [-0.2, -0.15) is 0 Å². The number of rotatable bonds is 1. The van der Waals surface area contributed by atoms with Crippen molar-refractivity contribution in [1.82, 2.24) is 19.4 Å². The average molecular weight is 314 g/mol. The Balaban J connectivity index is 2.43. The highest BCUT2D eigenvalue weighted by Gasteiger charge is 2.34. The van der Waals surface area contributed by atoms with Crippen molar-refractivity contribution in [2.45, 2.75) is 32.7 Å². The Bertz CT molecular complexity index is 817. The molecule has 7 heteroatoms. The summed E-state index contributed by atoms with van der Waals surface area (Å²) < 4.78 is 1.77. The summed E-state index contributed by atoms with van der Waals surface area (Å²) in [6.07, 6.45) is 1.56. The first kappa shape index (κ1) is 15.2. The van der Waals surface area contributed by atoms with E-state index in [4.69, 9.17) is 0 Å². The van der Waals surface area contributed by atoms with Crippen LogP contribution in [0.4, 0.5) is 0 Å². The Hall–Kier alpha value is -2.70. The molecule has 0 fully saturated rings. The second-order valence-corrected chi connectivity index (χ2v) is 6.65. The maximum Gasteiger partial charge on any atom is 0.356 e. The smallest absolute Gasteiger partial charge is 0.356 e. The molecule has 120 valence electrons. The monoisotopic (exact) mass is 314 g/mol. The van der Waals surface area contributed by atoms with Crippen molar-refractivity contribution in [3.8, 4) is 5.69 Å². The lowest BCUT2D eigenvalue weighted by Crippen LogP contribution is -2.26. The molecule has 1 aliphatic rings. The van der Waals surface area contributed by atoms with Crippen molar-refractivity contribution in [1.29, 1.82) is 0 Å². The standard InChI is InChI=1S/C16H18N4O3/c1-16(2,3)15-18-12(14(22)23)10-8-19(4)13(21)11-9(20(10)15)6-5-7-17-11/h5-7H,8H2,1-4H3,(H,22,23). The maximum absolute atomic E-state index is 12.5. The van der Waals surface area contributed by atoms with Gasteiger partial charge in [-0.25, -0.2) is 14.8 Å². The van der Waals surface area contributed by atoms with Crippen molar-refractivity contribution in [2.24, 2.45) is 0 Å². The van der Waals surface area contributed by atoms with E-state index in [-0.39, 0.29) is 23.6 Å². The largest absolute Gasteiger partial charge is 0.476 e. The van der Waals surface area contributed by atoms with Gasteiger partial charge in [-0.3, -0.25) is 9.36 Å². The SMILES string of the molecule is CN1Cc2c(C(=O)O)nc(C(C)(C)C)n2-c2cccnc2C1=O. The third-order valence-corrected chi connectivity index (χ3v) is 3.81. The molecule has 1 amide bonds. The number of aromatic carboxylic acids is 1. The third-order valence-electron chi connectivity index (χ3n) is 3.81. The predicted molar refractivity (Wildman–Crippen MR) is 82.8 cm³/mol. The Kier molecular flexibility index (Phi) is 3.24. The van der Waals surface area contributed by atoms with E-state index in [9.17, 15) is 14.7 Å². The molecule has 7 nitrogen and oxygen atoms in total. The van der Waals surface area contributed by atoms with Crippen LogP contribution in [0, 0.1) is 0 Å². The number of hydrogen-bond donors (Lipinski definition) is 1. The summed E-state index contributed by atoms with van der Waals surface area (Å²) in [5.74, 6) is -0.736. The number of aromatic nitrogens is 3. The molecule has 3 heterocycles. The van der Waals surface area contributed by atoms with Crippen LogP contribution in [0.2, 0.25) is 0 Å². The van der Waals surface area contributed by atoms with Crippen LogP contribution in [0.5, 0.6) is 0 Å².